The fraction of sp³-hybridized carbons (Fsp3) is 0.955. The largest absolute Gasteiger partial charge is 0.444 e. The molecule has 2 rings (SSSR count). The molecule has 0 radical (unpaired) electrons. The Bertz CT molecular complexity index is 534. The smallest absolute Gasteiger partial charge is 0.410 e. The lowest BCUT2D eigenvalue weighted by atomic mass is 10.0. The van der Waals surface area contributed by atoms with Gasteiger partial charge < -0.3 is 14.1 Å². The Labute approximate surface area is 180 Å². The fourth-order valence-electron chi connectivity index (χ4n) is 3.72. The molecule has 0 aromatic rings. The highest BCUT2D eigenvalue weighted by Gasteiger charge is 2.37. The van der Waals surface area contributed by atoms with Crippen molar-refractivity contribution in [1.82, 2.24) is 14.7 Å². The van der Waals surface area contributed by atoms with Crippen LogP contribution in [0.3, 0.4) is 0 Å². The summed E-state index contributed by atoms with van der Waals surface area (Å²) in [5.41, 5.74) is -0.419. The number of nitrogens with zero attached hydrogens (tertiary/aromatic N) is 3. The molecule has 0 aromatic heterocycles. The third kappa shape index (κ3) is 7.53. The van der Waals surface area contributed by atoms with Gasteiger partial charge in [-0.25, -0.2) is 4.79 Å². The van der Waals surface area contributed by atoms with Crippen molar-refractivity contribution >= 4 is 14.4 Å². The lowest BCUT2D eigenvalue weighted by Crippen LogP contribution is -2.47. The second-order valence-electron chi connectivity index (χ2n) is 11.2. The molecule has 0 aromatic carbocycles. The van der Waals surface area contributed by atoms with E-state index in [2.05, 4.69) is 43.7 Å². The molecule has 2 aliphatic rings. The van der Waals surface area contributed by atoms with Crippen LogP contribution in [-0.2, 0) is 9.16 Å². The van der Waals surface area contributed by atoms with Crippen molar-refractivity contribution in [2.45, 2.75) is 90.6 Å². The van der Waals surface area contributed by atoms with Crippen molar-refractivity contribution in [2.75, 3.05) is 46.0 Å². The number of likely N-dealkylation sites (tertiary alicyclic amines) is 1. The minimum absolute atomic E-state index is 0.166. The second-order valence-corrected chi connectivity index (χ2v) is 16.0. The molecular weight excluding hydrogens is 382 g/mol. The second kappa shape index (κ2) is 9.67. The number of carbonyl (C=O) groups is 1. The summed E-state index contributed by atoms with van der Waals surface area (Å²) >= 11 is 0. The Hall–Kier alpha value is -0.633. The van der Waals surface area contributed by atoms with E-state index in [0.29, 0.717) is 6.04 Å². The molecule has 6 nitrogen and oxygen atoms in total. The molecule has 29 heavy (non-hydrogen) atoms. The number of hydrogen-bond acceptors (Lipinski definition) is 5. The molecule has 0 aliphatic carbocycles. The summed E-state index contributed by atoms with van der Waals surface area (Å²) in [6.45, 7) is 24.3. The minimum atomic E-state index is -1.62. The predicted molar refractivity (Wildman–Crippen MR) is 122 cm³/mol. The molecule has 2 fully saturated rings. The van der Waals surface area contributed by atoms with Gasteiger partial charge in [-0.3, -0.25) is 9.80 Å². The molecule has 170 valence electrons. The maximum absolute atomic E-state index is 12.2. The Balaban J connectivity index is 1.66. The highest BCUT2D eigenvalue weighted by atomic mass is 28.4. The summed E-state index contributed by atoms with van der Waals surface area (Å²) in [5, 5.41) is 0.283. The number of amides is 1. The summed E-state index contributed by atoms with van der Waals surface area (Å²) in [6, 6.07) is 0.585. The van der Waals surface area contributed by atoms with Crippen LogP contribution in [0.25, 0.3) is 0 Å². The van der Waals surface area contributed by atoms with Gasteiger partial charge in [0.25, 0.3) is 0 Å². The summed E-state index contributed by atoms with van der Waals surface area (Å²) in [7, 11) is -1.62. The van der Waals surface area contributed by atoms with Gasteiger partial charge in [-0.2, -0.15) is 0 Å². The van der Waals surface area contributed by atoms with E-state index in [-0.39, 0.29) is 11.1 Å². The van der Waals surface area contributed by atoms with Gasteiger partial charge in [0.05, 0.1) is 6.67 Å². The van der Waals surface area contributed by atoms with Crippen LogP contribution >= 0.6 is 0 Å². The highest BCUT2D eigenvalue weighted by molar-refractivity contribution is 6.74. The fourth-order valence-corrected chi connectivity index (χ4v) is 4.81. The quantitative estimate of drug-likeness (QED) is 0.465. The van der Waals surface area contributed by atoms with E-state index in [1.807, 2.05) is 25.7 Å². The van der Waals surface area contributed by atoms with Gasteiger partial charge in [0.15, 0.2) is 8.32 Å². The molecule has 0 bridgehead atoms. The zero-order valence-corrected chi connectivity index (χ0v) is 21.2. The van der Waals surface area contributed by atoms with Gasteiger partial charge in [-0.05, 0) is 58.2 Å². The first-order valence-corrected chi connectivity index (χ1v) is 14.3. The van der Waals surface area contributed by atoms with Crippen LogP contribution in [0.15, 0.2) is 0 Å². The number of piperidine rings is 1. The normalized spacial score (nSPS) is 21.0. The zero-order chi connectivity index (χ0) is 21.9. The number of rotatable bonds is 6. The van der Waals surface area contributed by atoms with Gasteiger partial charge in [0, 0.05) is 45.4 Å². The standard InChI is InChI=1S/C22H45N3O3Si/c1-21(2,3)28-20(26)24-13-10-19(11-14-24)25-16-15-23(18-25)12-9-17-27-29(7,8)22(4,5)6/h19H,9-18H2,1-8H3. The molecule has 2 heterocycles. The summed E-state index contributed by atoms with van der Waals surface area (Å²) < 4.78 is 11.8. The summed E-state index contributed by atoms with van der Waals surface area (Å²) in [6.07, 6.45) is 3.03. The van der Waals surface area contributed by atoms with Gasteiger partial charge in [0.1, 0.15) is 5.60 Å². The maximum atomic E-state index is 12.2. The molecule has 0 N–H and O–H groups in total. The van der Waals surface area contributed by atoms with E-state index >= 15 is 0 Å². The topological polar surface area (TPSA) is 45.2 Å². The number of carbonyl (C=O) groups excluding carboxylic acids is 1. The lowest BCUT2D eigenvalue weighted by molar-refractivity contribution is 0.0147. The average molecular weight is 428 g/mol. The minimum Gasteiger partial charge on any atom is -0.444 e. The summed E-state index contributed by atoms with van der Waals surface area (Å²) in [5.74, 6) is 0. The van der Waals surface area contributed by atoms with Crippen molar-refractivity contribution in [2.24, 2.45) is 0 Å². The van der Waals surface area contributed by atoms with Crippen molar-refractivity contribution in [3.63, 3.8) is 0 Å². The predicted octanol–water partition coefficient (Wildman–Crippen LogP) is 4.37. The lowest BCUT2D eigenvalue weighted by Gasteiger charge is -2.37. The maximum Gasteiger partial charge on any atom is 0.410 e. The Kier molecular flexibility index (Phi) is 8.21. The third-order valence-electron chi connectivity index (χ3n) is 6.61. The first-order valence-electron chi connectivity index (χ1n) is 11.4. The SMILES string of the molecule is CC(C)(C)OC(=O)N1CCC(N2CCN(CCCO[Si](C)(C)C(C)(C)C)C2)CC1. The van der Waals surface area contributed by atoms with Crippen molar-refractivity contribution < 1.29 is 14.0 Å². The van der Waals surface area contributed by atoms with E-state index in [4.69, 9.17) is 9.16 Å². The first-order chi connectivity index (χ1) is 13.3. The van der Waals surface area contributed by atoms with Crippen LogP contribution in [0, 0.1) is 0 Å². The van der Waals surface area contributed by atoms with Crippen LogP contribution in [0.2, 0.25) is 18.1 Å². The molecule has 0 spiro atoms. The van der Waals surface area contributed by atoms with Gasteiger partial charge >= 0.3 is 6.09 Å². The van der Waals surface area contributed by atoms with Crippen LogP contribution in [-0.4, -0.2) is 86.8 Å². The van der Waals surface area contributed by atoms with Gasteiger partial charge in [-0.15, -0.1) is 0 Å². The Morgan fingerprint density at radius 1 is 1.00 bits per heavy atom. The first kappa shape index (κ1) is 24.6. The molecule has 1 amide bonds. The van der Waals surface area contributed by atoms with E-state index in [1.165, 1.54) is 0 Å². The van der Waals surface area contributed by atoms with Crippen LogP contribution in [0.5, 0.6) is 0 Å². The Morgan fingerprint density at radius 3 is 2.17 bits per heavy atom. The van der Waals surface area contributed by atoms with Gasteiger partial charge in [-0.1, -0.05) is 20.8 Å². The monoisotopic (exact) mass is 427 g/mol. The molecule has 2 aliphatic heterocycles. The molecule has 2 saturated heterocycles. The molecule has 0 atom stereocenters. The molecule has 0 saturated carbocycles. The van der Waals surface area contributed by atoms with Crippen LogP contribution in [0.1, 0.15) is 60.8 Å². The van der Waals surface area contributed by atoms with Crippen molar-refractivity contribution in [3.05, 3.63) is 0 Å². The van der Waals surface area contributed by atoms with Crippen LogP contribution in [0.4, 0.5) is 4.79 Å². The van der Waals surface area contributed by atoms with Crippen molar-refractivity contribution in [1.29, 1.82) is 0 Å². The van der Waals surface area contributed by atoms with Crippen LogP contribution < -0.4 is 0 Å². The zero-order valence-electron chi connectivity index (χ0n) is 20.2. The van der Waals surface area contributed by atoms with E-state index in [0.717, 1.165) is 65.3 Å². The van der Waals surface area contributed by atoms with E-state index in [9.17, 15) is 4.79 Å². The van der Waals surface area contributed by atoms with E-state index < -0.39 is 13.9 Å². The van der Waals surface area contributed by atoms with E-state index in [1.54, 1.807) is 0 Å². The molecular formula is C22H45N3O3Si. The number of ether oxygens (including phenoxy) is 1. The average Bonchev–Trinajstić information content (AvgIpc) is 3.05. The molecule has 0 unspecified atom stereocenters. The summed E-state index contributed by atoms with van der Waals surface area (Å²) in [4.78, 5) is 19.3. The van der Waals surface area contributed by atoms with Crippen molar-refractivity contribution in [3.8, 4) is 0 Å². The third-order valence-corrected chi connectivity index (χ3v) is 11.1. The molecule has 7 heteroatoms. The Morgan fingerprint density at radius 2 is 1.62 bits per heavy atom. The number of hydrogen-bond donors (Lipinski definition) is 0. The van der Waals surface area contributed by atoms with Gasteiger partial charge in [0.2, 0.25) is 0 Å². The highest BCUT2D eigenvalue weighted by Crippen LogP contribution is 2.36.